The third-order valence-electron chi connectivity index (χ3n) is 5.02. The lowest BCUT2D eigenvalue weighted by atomic mass is 9.94. The van der Waals surface area contributed by atoms with E-state index < -0.39 is 0 Å². The van der Waals surface area contributed by atoms with Gasteiger partial charge in [0.2, 0.25) is 5.13 Å². The summed E-state index contributed by atoms with van der Waals surface area (Å²) in [7, 11) is 0. The van der Waals surface area contributed by atoms with Crippen LogP contribution in [0.2, 0.25) is 0 Å². The first-order valence-electron chi connectivity index (χ1n) is 9.20. The number of thiazole rings is 1. The number of carbonyl (C=O) groups excluding carboxylic acids is 1. The van der Waals surface area contributed by atoms with E-state index in [0.29, 0.717) is 10.8 Å². The van der Waals surface area contributed by atoms with E-state index in [4.69, 9.17) is 10.7 Å². The average Bonchev–Trinajstić information content (AvgIpc) is 3.30. The predicted molar refractivity (Wildman–Crippen MR) is 114 cm³/mol. The summed E-state index contributed by atoms with van der Waals surface area (Å²) < 4.78 is 0. The summed E-state index contributed by atoms with van der Waals surface area (Å²) in [5.41, 5.74) is 8.56. The van der Waals surface area contributed by atoms with E-state index in [1.807, 2.05) is 41.5 Å². The van der Waals surface area contributed by atoms with E-state index in [2.05, 4.69) is 4.98 Å². The standard InChI is InChI=1S/C20H22N4OS2/c1-13(14-6-5-7-15(21)12-14)17-18(25)24(16-8-3-2-4-9-16)20(27-17)23-19-22-10-11-26-19/h5-7,10-12,16H,2-4,8-9,21H2,1H3/b17-13-,23-20+. The van der Waals surface area contributed by atoms with Gasteiger partial charge in [0.25, 0.3) is 5.91 Å². The zero-order chi connectivity index (χ0) is 18.8. The van der Waals surface area contributed by atoms with Crippen LogP contribution in [0.15, 0.2) is 45.7 Å². The fraction of sp³-hybridized carbons (Fsp3) is 0.350. The van der Waals surface area contributed by atoms with Crippen LogP contribution in [0.3, 0.4) is 0 Å². The van der Waals surface area contributed by atoms with Crippen molar-refractivity contribution in [3.8, 4) is 0 Å². The molecule has 0 unspecified atom stereocenters. The molecule has 7 heteroatoms. The quantitative estimate of drug-likeness (QED) is 0.580. The maximum atomic E-state index is 13.4. The highest BCUT2D eigenvalue weighted by atomic mass is 32.2. The molecule has 2 aliphatic rings. The Balaban J connectivity index is 1.74. The highest BCUT2D eigenvalue weighted by Gasteiger charge is 2.39. The van der Waals surface area contributed by atoms with Crippen LogP contribution in [0.25, 0.3) is 5.57 Å². The molecule has 5 nitrogen and oxygen atoms in total. The summed E-state index contributed by atoms with van der Waals surface area (Å²) in [6, 6.07) is 7.91. The molecule has 140 valence electrons. The van der Waals surface area contributed by atoms with Crippen molar-refractivity contribution in [3.63, 3.8) is 0 Å². The molecule has 2 aromatic rings. The topological polar surface area (TPSA) is 71.6 Å². The van der Waals surface area contributed by atoms with E-state index in [1.54, 1.807) is 6.20 Å². The monoisotopic (exact) mass is 398 g/mol. The zero-order valence-electron chi connectivity index (χ0n) is 15.2. The number of allylic oxidation sites excluding steroid dienone is 1. The summed E-state index contributed by atoms with van der Waals surface area (Å²) in [6.07, 6.45) is 7.39. The fourth-order valence-corrected chi connectivity index (χ4v) is 5.27. The van der Waals surface area contributed by atoms with Gasteiger partial charge in [0.1, 0.15) is 0 Å². The molecule has 1 aromatic heterocycles. The first-order valence-corrected chi connectivity index (χ1v) is 10.9. The molecule has 1 saturated carbocycles. The third-order valence-corrected chi connectivity index (χ3v) is 6.84. The van der Waals surface area contributed by atoms with Gasteiger partial charge in [0.05, 0.1) is 4.91 Å². The van der Waals surface area contributed by atoms with Gasteiger partial charge in [-0.1, -0.05) is 31.4 Å². The van der Waals surface area contributed by atoms with Crippen LogP contribution in [0.4, 0.5) is 10.8 Å². The molecule has 0 atom stereocenters. The van der Waals surface area contributed by atoms with Crippen molar-refractivity contribution in [2.24, 2.45) is 4.99 Å². The van der Waals surface area contributed by atoms with Gasteiger partial charge in [0, 0.05) is 23.3 Å². The van der Waals surface area contributed by atoms with Gasteiger partial charge in [-0.2, -0.15) is 4.99 Å². The Kier molecular flexibility index (Phi) is 5.31. The van der Waals surface area contributed by atoms with E-state index in [-0.39, 0.29) is 11.9 Å². The Morgan fingerprint density at radius 1 is 1.30 bits per heavy atom. The predicted octanol–water partition coefficient (Wildman–Crippen LogP) is 5.05. The largest absolute Gasteiger partial charge is 0.399 e. The van der Waals surface area contributed by atoms with Crippen molar-refractivity contribution in [1.82, 2.24) is 9.88 Å². The molecule has 1 aliphatic heterocycles. The second-order valence-corrected chi connectivity index (χ2v) is 8.71. The molecular formula is C20H22N4OS2. The summed E-state index contributed by atoms with van der Waals surface area (Å²) in [5.74, 6) is 0.0575. The number of rotatable bonds is 3. The van der Waals surface area contributed by atoms with Gasteiger partial charge in [-0.3, -0.25) is 9.69 Å². The van der Waals surface area contributed by atoms with E-state index >= 15 is 0 Å². The number of amides is 1. The van der Waals surface area contributed by atoms with Crippen LogP contribution in [0.1, 0.15) is 44.6 Å². The molecule has 0 bridgehead atoms. The number of anilines is 1. The maximum absolute atomic E-state index is 13.4. The molecule has 1 aromatic carbocycles. The lowest BCUT2D eigenvalue weighted by Gasteiger charge is -2.30. The van der Waals surface area contributed by atoms with Gasteiger partial charge in [-0.05, 0) is 54.8 Å². The molecule has 1 aliphatic carbocycles. The van der Waals surface area contributed by atoms with Crippen LogP contribution in [0, 0.1) is 0 Å². The summed E-state index contributed by atoms with van der Waals surface area (Å²) >= 11 is 2.94. The molecular weight excluding hydrogens is 376 g/mol. The van der Waals surface area contributed by atoms with Crippen molar-refractivity contribution < 1.29 is 4.79 Å². The van der Waals surface area contributed by atoms with Gasteiger partial charge in [0.15, 0.2) is 5.17 Å². The Labute approximate surface area is 167 Å². The van der Waals surface area contributed by atoms with Crippen LogP contribution in [0.5, 0.6) is 0 Å². The van der Waals surface area contributed by atoms with Crippen molar-refractivity contribution in [2.75, 3.05) is 5.73 Å². The normalized spacial score (nSPS) is 21.9. The van der Waals surface area contributed by atoms with E-state index in [1.165, 1.54) is 29.5 Å². The number of nitrogen functional groups attached to an aromatic ring is 1. The number of nitrogens with two attached hydrogens (primary N) is 1. The third kappa shape index (κ3) is 3.80. The van der Waals surface area contributed by atoms with Crippen LogP contribution in [-0.4, -0.2) is 27.0 Å². The molecule has 4 rings (SSSR count). The minimum absolute atomic E-state index is 0.0575. The molecule has 2 heterocycles. The molecule has 0 spiro atoms. The number of aliphatic imine (C=N–C) groups is 1. The first kappa shape index (κ1) is 18.3. The molecule has 27 heavy (non-hydrogen) atoms. The number of thioether (sulfide) groups is 1. The average molecular weight is 399 g/mol. The number of amidine groups is 1. The van der Waals surface area contributed by atoms with E-state index in [9.17, 15) is 4.79 Å². The lowest BCUT2D eigenvalue weighted by molar-refractivity contribution is -0.124. The first-order chi connectivity index (χ1) is 13.1. The Bertz CT molecular complexity index is 898. The summed E-state index contributed by atoms with van der Waals surface area (Å²) in [6.45, 7) is 1.99. The SMILES string of the molecule is C/C(=C1/S/C(=N/c2nccs2)N(C2CCCCC2)C1=O)c1cccc(N)c1. The van der Waals surface area contributed by atoms with Crippen molar-refractivity contribution >= 4 is 50.6 Å². The molecule has 0 radical (unpaired) electrons. The number of aromatic nitrogens is 1. The minimum atomic E-state index is 0.0575. The van der Waals surface area contributed by atoms with Gasteiger partial charge >= 0.3 is 0 Å². The zero-order valence-corrected chi connectivity index (χ0v) is 16.9. The Morgan fingerprint density at radius 2 is 2.11 bits per heavy atom. The Hall–Kier alpha value is -2.12. The molecule has 2 fully saturated rings. The van der Waals surface area contributed by atoms with Crippen LogP contribution in [-0.2, 0) is 4.79 Å². The van der Waals surface area contributed by atoms with Crippen LogP contribution >= 0.6 is 23.1 Å². The molecule has 2 N–H and O–H groups in total. The number of hydrogen-bond donors (Lipinski definition) is 1. The van der Waals surface area contributed by atoms with Gasteiger partial charge in [-0.15, -0.1) is 11.3 Å². The number of nitrogens with zero attached hydrogens (tertiary/aromatic N) is 3. The summed E-state index contributed by atoms with van der Waals surface area (Å²) in [5, 5.41) is 3.34. The smallest absolute Gasteiger partial charge is 0.267 e. The van der Waals surface area contributed by atoms with Crippen molar-refractivity contribution in [3.05, 3.63) is 46.3 Å². The number of carbonyl (C=O) groups is 1. The van der Waals surface area contributed by atoms with Gasteiger partial charge < -0.3 is 5.73 Å². The summed E-state index contributed by atoms with van der Waals surface area (Å²) in [4.78, 5) is 25.0. The highest BCUT2D eigenvalue weighted by Crippen LogP contribution is 2.41. The number of benzene rings is 1. The van der Waals surface area contributed by atoms with Crippen LogP contribution < -0.4 is 5.73 Å². The second kappa shape index (κ2) is 7.86. The van der Waals surface area contributed by atoms with Gasteiger partial charge in [-0.25, -0.2) is 4.98 Å². The minimum Gasteiger partial charge on any atom is -0.399 e. The molecule has 1 saturated heterocycles. The maximum Gasteiger partial charge on any atom is 0.267 e. The Morgan fingerprint density at radius 3 is 2.81 bits per heavy atom. The number of hydrogen-bond acceptors (Lipinski definition) is 6. The second-order valence-electron chi connectivity index (χ2n) is 6.86. The molecule has 1 amide bonds. The van der Waals surface area contributed by atoms with E-state index in [0.717, 1.165) is 46.9 Å². The highest BCUT2D eigenvalue weighted by molar-refractivity contribution is 8.18. The lowest BCUT2D eigenvalue weighted by Crippen LogP contribution is -2.40. The van der Waals surface area contributed by atoms with Crippen molar-refractivity contribution in [1.29, 1.82) is 0 Å². The van der Waals surface area contributed by atoms with Crippen molar-refractivity contribution in [2.45, 2.75) is 45.1 Å². The fourth-order valence-electron chi connectivity index (χ4n) is 3.61.